The SMILES string of the molecule is C=C(Cl)/C=C\C(=C/C)NC(=O)Nc1nc2ccc(S(C)=O)cc2s1. The number of nitrogens with one attached hydrogen (secondary N) is 2. The molecule has 0 aliphatic carbocycles. The Hall–Kier alpha value is -1.96. The fourth-order valence-electron chi connectivity index (χ4n) is 1.79. The van der Waals surface area contributed by atoms with E-state index in [2.05, 4.69) is 22.2 Å². The second-order valence-electron chi connectivity index (χ2n) is 4.71. The van der Waals surface area contributed by atoms with E-state index in [1.54, 1.807) is 43.5 Å². The number of anilines is 1. The van der Waals surface area contributed by atoms with E-state index >= 15 is 0 Å². The number of fused-ring (bicyclic) bond motifs is 1. The molecule has 0 fully saturated rings. The number of benzene rings is 1. The second-order valence-corrected chi connectivity index (χ2v) is 7.60. The smallest absolute Gasteiger partial charge is 0.308 e. The maximum Gasteiger partial charge on any atom is 0.325 e. The van der Waals surface area contributed by atoms with Crippen LogP contribution in [0.2, 0.25) is 0 Å². The van der Waals surface area contributed by atoms with Gasteiger partial charge in [-0.1, -0.05) is 35.6 Å². The predicted molar refractivity (Wildman–Crippen MR) is 102 cm³/mol. The molecule has 2 N–H and O–H groups in total. The topological polar surface area (TPSA) is 71.1 Å². The summed E-state index contributed by atoms with van der Waals surface area (Å²) in [6.45, 7) is 5.34. The van der Waals surface area contributed by atoms with E-state index in [4.69, 9.17) is 11.6 Å². The van der Waals surface area contributed by atoms with Gasteiger partial charge in [0, 0.05) is 32.7 Å². The number of urea groups is 1. The predicted octanol–water partition coefficient (Wildman–Crippen LogP) is 4.37. The molecule has 126 valence electrons. The zero-order valence-electron chi connectivity index (χ0n) is 13.1. The lowest BCUT2D eigenvalue weighted by Gasteiger charge is -2.05. The van der Waals surface area contributed by atoms with Gasteiger partial charge in [0.05, 0.1) is 10.2 Å². The highest BCUT2D eigenvalue weighted by Crippen LogP contribution is 2.27. The van der Waals surface area contributed by atoms with Gasteiger partial charge in [-0.3, -0.25) is 9.53 Å². The van der Waals surface area contributed by atoms with Crippen molar-refractivity contribution in [3.63, 3.8) is 0 Å². The van der Waals surface area contributed by atoms with Crippen molar-refractivity contribution in [2.24, 2.45) is 0 Å². The fraction of sp³-hybridized carbons (Fsp3) is 0.125. The first-order chi connectivity index (χ1) is 11.4. The maximum absolute atomic E-state index is 12.0. The molecular formula is C16H16ClN3O2S2. The molecule has 2 aromatic rings. The van der Waals surface area contributed by atoms with E-state index in [9.17, 15) is 9.00 Å². The van der Waals surface area contributed by atoms with Crippen LogP contribution in [-0.4, -0.2) is 21.5 Å². The second kappa shape index (κ2) is 8.23. The lowest BCUT2D eigenvalue weighted by molar-refractivity contribution is 0.254. The Morgan fingerprint density at radius 3 is 2.79 bits per heavy atom. The summed E-state index contributed by atoms with van der Waals surface area (Å²) < 4.78 is 12.4. The van der Waals surface area contributed by atoms with Crippen LogP contribution in [0.25, 0.3) is 10.2 Å². The first-order valence-electron chi connectivity index (χ1n) is 6.90. The number of carbonyl (C=O) groups is 1. The number of rotatable bonds is 5. The number of halogens is 1. The molecule has 0 radical (unpaired) electrons. The summed E-state index contributed by atoms with van der Waals surface area (Å²) in [6.07, 6.45) is 6.59. The molecule has 1 atom stereocenters. The number of amides is 2. The third-order valence-corrected chi connectivity index (χ3v) is 4.90. The summed E-state index contributed by atoms with van der Waals surface area (Å²) in [5.41, 5.74) is 1.33. The Morgan fingerprint density at radius 2 is 2.17 bits per heavy atom. The summed E-state index contributed by atoms with van der Waals surface area (Å²) in [5.74, 6) is 0. The van der Waals surface area contributed by atoms with Gasteiger partial charge in [0.25, 0.3) is 0 Å². The highest BCUT2D eigenvalue weighted by atomic mass is 35.5. The molecule has 1 aromatic heterocycles. The van der Waals surface area contributed by atoms with Crippen LogP contribution in [0.1, 0.15) is 6.92 Å². The van der Waals surface area contributed by atoms with E-state index in [0.717, 1.165) is 15.1 Å². The van der Waals surface area contributed by atoms with Crippen molar-refractivity contribution in [3.05, 3.63) is 53.7 Å². The molecule has 0 spiro atoms. The van der Waals surface area contributed by atoms with Crippen molar-refractivity contribution in [1.29, 1.82) is 0 Å². The maximum atomic E-state index is 12.0. The molecular weight excluding hydrogens is 366 g/mol. The minimum Gasteiger partial charge on any atom is -0.308 e. The summed E-state index contributed by atoms with van der Waals surface area (Å²) in [5, 5.41) is 6.20. The number of aromatic nitrogens is 1. The molecule has 2 rings (SSSR count). The number of hydrogen-bond acceptors (Lipinski definition) is 4. The van der Waals surface area contributed by atoms with Crippen LogP contribution < -0.4 is 10.6 Å². The number of hydrogen-bond donors (Lipinski definition) is 2. The van der Waals surface area contributed by atoms with Crippen molar-refractivity contribution in [2.75, 3.05) is 11.6 Å². The zero-order chi connectivity index (χ0) is 17.7. The van der Waals surface area contributed by atoms with Crippen LogP contribution in [-0.2, 0) is 10.8 Å². The molecule has 1 heterocycles. The molecule has 24 heavy (non-hydrogen) atoms. The van der Waals surface area contributed by atoms with Gasteiger partial charge in [-0.05, 0) is 37.3 Å². The van der Waals surface area contributed by atoms with Crippen LogP contribution in [0.3, 0.4) is 0 Å². The van der Waals surface area contributed by atoms with E-state index < -0.39 is 16.8 Å². The highest BCUT2D eigenvalue weighted by molar-refractivity contribution is 7.84. The molecule has 0 saturated heterocycles. The quantitative estimate of drug-likeness (QED) is 0.755. The Balaban J connectivity index is 2.10. The lowest BCUT2D eigenvalue weighted by Crippen LogP contribution is -2.27. The third-order valence-electron chi connectivity index (χ3n) is 2.92. The van der Waals surface area contributed by atoms with Crippen molar-refractivity contribution < 1.29 is 9.00 Å². The molecule has 0 bridgehead atoms. The van der Waals surface area contributed by atoms with Gasteiger partial charge in [-0.25, -0.2) is 9.78 Å². The Kier molecular flexibility index (Phi) is 6.30. The fourth-order valence-corrected chi connectivity index (χ4v) is 3.37. The van der Waals surface area contributed by atoms with Gasteiger partial charge in [-0.2, -0.15) is 0 Å². The number of carbonyl (C=O) groups excluding carboxylic acids is 1. The Bertz CT molecular complexity index is 871. The van der Waals surface area contributed by atoms with Crippen LogP contribution in [0.4, 0.5) is 9.93 Å². The van der Waals surface area contributed by atoms with Crippen molar-refractivity contribution >= 4 is 55.1 Å². The first-order valence-corrected chi connectivity index (χ1v) is 9.65. The summed E-state index contributed by atoms with van der Waals surface area (Å²) in [4.78, 5) is 17.1. The van der Waals surface area contributed by atoms with Gasteiger partial charge in [0.2, 0.25) is 0 Å². The highest BCUT2D eigenvalue weighted by Gasteiger charge is 2.09. The zero-order valence-corrected chi connectivity index (χ0v) is 15.5. The van der Waals surface area contributed by atoms with Crippen LogP contribution in [0.5, 0.6) is 0 Å². The van der Waals surface area contributed by atoms with E-state index in [1.807, 2.05) is 6.07 Å². The lowest BCUT2D eigenvalue weighted by atomic mass is 10.3. The van der Waals surface area contributed by atoms with Crippen LogP contribution >= 0.6 is 22.9 Å². The molecule has 0 aliphatic heterocycles. The Labute approximate surface area is 151 Å². The number of nitrogens with zero attached hydrogens (tertiary/aromatic N) is 1. The Morgan fingerprint density at radius 1 is 1.42 bits per heavy atom. The third kappa shape index (κ3) is 5.02. The molecule has 8 heteroatoms. The monoisotopic (exact) mass is 381 g/mol. The molecule has 0 saturated carbocycles. The number of thiazole rings is 1. The largest absolute Gasteiger partial charge is 0.325 e. The number of allylic oxidation sites excluding steroid dienone is 4. The van der Waals surface area contributed by atoms with Crippen molar-refractivity contribution in [3.8, 4) is 0 Å². The summed E-state index contributed by atoms with van der Waals surface area (Å²) in [7, 11) is -1.06. The molecule has 0 aliphatic rings. The summed E-state index contributed by atoms with van der Waals surface area (Å²) >= 11 is 6.98. The van der Waals surface area contributed by atoms with Gasteiger partial charge < -0.3 is 5.32 Å². The summed E-state index contributed by atoms with van der Waals surface area (Å²) in [6, 6.07) is 4.96. The van der Waals surface area contributed by atoms with Gasteiger partial charge in [0.1, 0.15) is 0 Å². The average Bonchev–Trinajstić information content (AvgIpc) is 2.92. The van der Waals surface area contributed by atoms with Crippen LogP contribution in [0.15, 0.2) is 58.6 Å². The minimum absolute atomic E-state index is 0.367. The molecule has 5 nitrogen and oxygen atoms in total. The first kappa shape index (κ1) is 18.4. The normalized spacial score (nSPS) is 13.2. The average molecular weight is 382 g/mol. The van der Waals surface area contributed by atoms with Crippen LogP contribution in [0, 0.1) is 0 Å². The van der Waals surface area contributed by atoms with Crippen molar-refractivity contribution in [2.45, 2.75) is 11.8 Å². The molecule has 2 amide bonds. The molecule has 1 aromatic carbocycles. The van der Waals surface area contributed by atoms with E-state index in [1.165, 1.54) is 11.3 Å². The standard InChI is InChI=1S/C16H16ClN3O2S2/c1-4-11(6-5-10(2)17)18-15(21)20-16-19-13-8-7-12(24(3)22)9-14(13)23-16/h4-9H,2H2,1,3H3,(H2,18,19,20,21)/b6-5-,11-4+. The minimum atomic E-state index is -1.06. The van der Waals surface area contributed by atoms with Gasteiger partial charge >= 0.3 is 6.03 Å². The van der Waals surface area contributed by atoms with Gasteiger partial charge in [0.15, 0.2) is 5.13 Å². The molecule has 1 unspecified atom stereocenters. The van der Waals surface area contributed by atoms with Gasteiger partial charge in [-0.15, -0.1) is 0 Å². The van der Waals surface area contributed by atoms with E-state index in [-0.39, 0.29) is 0 Å². The van der Waals surface area contributed by atoms with Crippen molar-refractivity contribution in [1.82, 2.24) is 10.3 Å². The van der Waals surface area contributed by atoms with E-state index in [0.29, 0.717) is 15.9 Å².